The molecular formula is C11H23N3O2. The number of amides is 1. The number of methoxy groups -OCH3 is 1. The summed E-state index contributed by atoms with van der Waals surface area (Å²) in [5.41, 5.74) is 5.93. The second-order valence-electron chi connectivity index (χ2n) is 4.51. The van der Waals surface area contributed by atoms with Crippen LogP contribution in [0.4, 0.5) is 0 Å². The lowest BCUT2D eigenvalue weighted by molar-refractivity contribution is -0.122. The minimum Gasteiger partial charge on any atom is -0.383 e. The van der Waals surface area contributed by atoms with Gasteiger partial charge in [-0.3, -0.25) is 9.69 Å². The number of likely N-dealkylation sites (tertiary alicyclic amines) is 1. The lowest BCUT2D eigenvalue weighted by Gasteiger charge is -2.34. The van der Waals surface area contributed by atoms with Gasteiger partial charge in [0.05, 0.1) is 13.2 Å². The van der Waals surface area contributed by atoms with Gasteiger partial charge in [-0.25, -0.2) is 0 Å². The number of carbonyl (C=O) groups excluding carboxylic acids is 1. The first-order valence-electron chi connectivity index (χ1n) is 5.87. The highest BCUT2D eigenvalue weighted by Crippen LogP contribution is 2.13. The van der Waals surface area contributed by atoms with Crippen molar-refractivity contribution in [3.63, 3.8) is 0 Å². The zero-order valence-electron chi connectivity index (χ0n) is 10.2. The van der Waals surface area contributed by atoms with Crippen LogP contribution in [0.5, 0.6) is 0 Å². The van der Waals surface area contributed by atoms with Crippen molar-refractivity contribution in [2.75, 3.05) is 39.9 Å². The Morgan fingerprint density at radius 1 is 1.62 bits per heavy atom. The molecule has 1 aliphatic rings. The standard InChI is InChI=1S/C11H23N3O2/c1-9-7-14(5-3-10(9)12)8-11(15)13-4-6-16-2/h9-10H,3-8,12H2,1-2H3,(H,13,15). The maximum atomic E-state index is 11.5. The Morgan fingerprint density at radius 3 is 3.00 bits per heavy atom. The molecule has 0 aliphatic carbocycles. The van der Waals surface area contributed by atoms with Gasteiger partial charge in [0.15, 0.2) is 0 Å². The van der Waals surface area contributed by atoms with Crippen LogP contribution in [0, 0.1) is 5.92 Å². The fourth-order valence-electron chi connectivity index (χ4n) is 1.95. The van der Waals surface area contributed by atoms with Gasteiger partial charge in [-0.2, -0.15) is 0 Å². The van der Waals surface area contributed by atoms with Crippen molar-refractivity contribution in [2.45, 2.75) is 19.4 Å². The third-order valence-corrected chi connectivity index (χ3v) is 3.05. The number of nitrogens with one attached hydrogen (secondary N) is 1. The Morgan fingerprint density at radius 2 is 2.38 bits per heavy atom. The molecule has 0 radical (unpaired) electrons. The summed E-state index contributed by atoms with van der Waals surface area (Å²) in [6, 6.07) is 0.285. The zero-order chi connectivity index (χ0) is 12.0. The van der Waals surface area contributed by atoms with Crippen molar-refractivity contribution in [3.05, 3.63) is 0 Å². The molecule has 2 atom stereocenters. The minimum atomic E-state index is 0.0692. The second-order valence-corrected chi connectivity index (χ2v) is 4.51. The van der Waals surface area contributed by atoms with Gasteiger partial charge in [-0.15, -0.1) is 0 Å². The minimum absolute atomic E-state index is 0.0692. The van der Waals surface area contributed by atoms with Crippen molar-refractivity contribution in [1.29, 1.82) is 0 Å². The van der Waals surface area contributed by atoms with E-state index in [0.717, 1.165) is 19.5 Å². The molecule has 5 heteroatoms. The molecule has 3 N–H and O–H groups in total. The number of ether oxygens (including phenoxy) is 1. The van der Waals surface area contributed by atoms with Crippen molar-refractivity contribution in [2.24, 2.45) is 11.7 Å². The average molecular weight is 229 g/mol. The zero-order valence-corrected chi connectivity index (χ0v) is 10.2. The van der Waals surface area contributed by atoms with Crippen molar-refractivity contribution in [1.82, 2.24) is 10.2 Å². The van der Waals surface area contributed by atoms with E-state index >= 15 is 0 Å². The highest BCUT2D eigenvalue weighted by molar-refractivity contribution is 5.77. The third-order valence-electron chi connectivity index (χ3n) is 3.05. The first-order chi connectivity index (χ1) is 7.63. The van der Waals surface area contributed by atoms with Gasteiger partial charge in [0, 0.05) is 32.8 Å². The van der Waals surface area contributed by atoms with Crippen LogP contribution in [0.2, 0.25) is 0 Å². The van der Waals surface area contributed by atoms with E-state index in [-0.39, 0.29) is 11.9 Å². The summed E-state index contributed by atoms with van der Waals surface area (Å²) in [7, 11) is 1.62. The number of piperidine rings is 1. The first kappa shape index (κ1) is 13.4. The van der Waals surface area contributed by atoms with E-state index < -0.39 is 0 Å². The summed E-state index contributed by atoms with van der Waals surface area (Å²) in [5.74, 6) is 0.542. The van der Waals surface area contributed by atoms with Gasteiger partial charge >= 0.3 is 0 Å². The Hall–Kier alpha value is -0.650. The topological polar surface area (TPSA) is 67.6 Å². The van der Waals surface area contributed by atoms with Gasteiger partial charge in [-0.05, 0) is 12.3 Å². The van der Waals surface area contributed by atoms with E-state index in [9.17, 15) is 4.79 Å². The number of hydrogen-bond donors (Lipinski definition) is 2. The van der Waals surface area contributed by atoms with E-state index in [4.69, 9.17) is 10.5 Å². The summed E-state index contributed by atoms with van der Waals surface area (Å²) in [5, 5.41) is 2.82. The van der Waals surface area contributed by atoms with E-state index in [1.165, 1.54) is 0 Å². The van der Waals surface area contributed by atoms with Crippen molar-refractivity contribution < 1.29 is 9.53 Å². The summed E-state index contributed by atoms with van der Waals surface area (Å²) >= 11 is 0. The van der Waals surface area contributed by atoms with Crippen LogP contribution in [0.15, 0.2) is 0 Å². The number of nitrogens with two attached hydrogens (primary N) is 1. The molecule has 1 rings (SSSR count). The lowest BCUT2D eigenvalue weighted by atomic mass is 9.95. The molecule has 5 nitrogen and oxygen atoms in total. The normalized spacial score (nSPS) is 26.7. The van der Waals surface area contributed by atoms with Gasteiger partial charge in [-0.1, -0.05) is 6.92 Å². The largest absolute Gasteiger partial charge is 0.383 e. The Balaban J connectivity index is 2.19. The van der Waals surface area contributed by atoms with Gasteiger partial charge in [0.2, 0.25) is 5.91 Å². The van der Waals surface area contributed by atoms with Crippen LogP contribution < -0.4 is 11.1 Å². The van der Waals surface area contributed by atoms with E-state index in [2.05, 4.69) is 17.1 Å². The molecule has 0 aromatic rings. The van der Waals surface area contributed by atoms with Gasteiger partial charge in [0.25, 0.3) is 0 Å². The number of rotatable bonds is 5. The smallest absolute Gasteiger partial charge is 0.234 e. The second kappa shape index (κ2) is 6.83. The van der Waals surface area contributed by atoms with Crippen molar-refractivity contribution in [3.8, 4) is 0 Å². The molecule has 1 saturated heterocycles. The van der Waals surface area contributed by atoms with E-state index in [1.807, 2.05) is 0 Å². The fraction of sp³-hybridized carbons (Fsp3) is 0.909. The van der Waals surface area contributed by atoms with Crippen LogP contribution in [-0.4, -0.2) is 56.7 Å². The van der Waals surface area contributed by atoms with Gasteiger partial charge in [0.1, 0.15) is 0 Å². The third kappa shape index (κ3) is 4.47. The lowest BCUT2D eigenvalue weighted by Crippen LogP contribution is -2.49. The van der Waals surface area contributed by atoms with E-state index in [1.54, 1.807) is 7.11 Å². The maximum absolute atomic E-state index is 11.5. The Labute approximate surface area is 97.3 Å². The van der Waals surface area contributed by atoms with Gasteiger partial charge < -0.3 is 15.8 Å². The highest BCUT2D eigenvalue weighted by atomic mass is 16.5. The fourth-order valence-corrected chi connectivity index (χ4v) is 1.95. The molecule has 0 spiro atoms. The number of nitrogens with zero attached hydrogens (tertiary/aromatic N) is 1. The molecule has 0 bridgehead atoms. The molecule has 0 saturated carbocycles. The summed E-state index contributed by atoms with van der Waals surface area (Å²) in [6.45, 7) is 5.59. The van der Waals surface area contributed by atoms with Crippen LogP contribution in [-0.2, 0) is 9.53 Å². The van der Waals surface area contributed by atoms with E-state index in [0.29, 0.717) is 25.6 Å². The quantitative estimate of drug-likeness (QED) is 0.619. The molecule has 1 amide bonds. The summed E-state index contributed by atoms with van der Waals surface area (Å²) in [6.07, 6.45) is 0.979. The van der Waals surface area contributed by atoms with Crippen LogP contribution in [0.1, 0.15) is 13.3 Å². The first-order valence-corrected chi connectivity index (χ1v) is 5.87. The van der Waals surface area contributed by atoms with Crippen LogP contribution >= 0.6 is 0 Å². The predicted octanol–water partition coefficient (Wildman–Crippen LogP) is -0.582. The maximum Gasteiger partial charge on any atom is 0.234 e. The molecule has 1 aliphatic heterocycles. The summed E-state index contributed by atoms with van der Waals surface area (Å²) < 4.78 is 4.87. The molecule has 1 heterocycles. The van der Waals surface area contributed by atoms with Crippen LogP contribution in [0.25, 0.3) is 0 Å². The molecular weight excluding hydrogens is 206 g/mol. The molecule has 1 fully saturated rings. The molecule has 16 heavy (non-hydrogen) atoms. The molecule has 94 valence electrons. The Bertz CT molecular complexity index is 223. The SMILES string of the molecule is COCCNC(=O)CN1CCC(N)C(C)C1. The molecule has 2 unspecified atom stereocenters. The number of carbonyl (C=O) groups is 1. The average Bonchev–Trinajstić information content (AvgIpc) is 2.24. The summed E-state index contributed by atoms with van der Waals surface area (Å²) in [4.78, 5) is 13.7. The molecule has 0 aromatic carbocycles. The monoisotopic (exact) mass is 229 g/mol. The molecule has 0 aromatic heterocycles. The van der Waals surface area contributed by atoms with Crippen molar-refractivity contribution >= 4 is 5.91 Å². The predicted molar refractivity (Wildman–Crippen MR) is 63.1 cm³/mol. The number of hydrogen-bond acceptors (Lipinski definition) is 4. The highest BCUT2D eigenvalue weighted by Gasteiger charge is 2.23. The Kier molecular flexibility index (Phi) is 5.73. The van der Waals surface area contributed by atoms with Crippen LogP contribution in [0.3, 0.4) is 0 Å².